The van der Waals surface area contributed by atoms with E-state index in [2.05, 4.69) is 0 Å². The molecule has 23 heavy (non-hydrogen) atoms. The van der Waals surface area contributed by atoms with Crippen LogP contribution in [0.15, 0.2) is 18.2 Å². The predicted octanol–water partition coefficient (Wildman–Crippen LogP) is 3.08. The van der Waals surface area contributed by atoms with Crippen LogP contribution >= 0.6 is 0 Å². The van der Waals surface area contributed by atoms with Crippen LogP contribution in [-0.2, 0) is 14.0 Å². The van der Waals surface area contributed by atoms with Crippen LogP contribution in [0.5, 0.6) is 0 Å². The predicted molar refractivity (Wildman–Crippen MR) is 87.3 cm³/mol. The minimum absolute atomic E-state index is 0.138. The van der Waals surface area contributed by atoms with Gasteiger partial charge in [0.15, 0.2) is 0 Å². The van der Waals surface area contributed by atoms with Crippen LogP contribution in [0.1, 0.15) is 58.8 Å². The summed E-state index contributed by atoms with van der Waals surface area (Å²) < 4.78 is 31.5. The zero-order valence-electron chi connectivity index (χ0n) is 14.8. The summed E-state index contributed by atoms with van der Waals surface area (Å²) in [6.07, 6.45) is 0. The van der Waals surface area contributed by atoms with Crippen molar-refractivity contribution in [2.75, 3.05) is 0 Å². The maximum atomic E-state index is 14.3. The van der Waals surface area contributed by atoms with Crippen LogP contribution in [0.2, 0.25) is 0 Å². The molecule has 1 heterocycles. The topological polar surface area (TPSA) is 44.8 Å². The molecule has 0 spiro atoms. The molecule has 0 unspecified atom stereocenters. The van der Waals surface area contributed by atoms with E-state index >= 15 is 0 Å². The minimum Gasteiger partial charge on any atom is -0.456 e. The molecule has 6 heteroatoms. The minimum atomic E-state index is -0.821. The summed E-state index contributed by atoms with van der Waals surface area (Å²) in [5, 5.41) is 0. The molecule has 0 atom stereocenters. The second-order valence-electron chi connectivity index (χ2n) is 7.79. The maximum Gasteiger partial charge on any atom is 0.495 e. The average Bonchev–Trinajstić information content (AvgIpc) is 2.55. The summed E-state index contributed by atoms with van der Waals surface area (Å²) in [7, 11) is -0.821. The Bertz CT molecular complexity index is 604. The lowest BCUT2D eigenvalue weighted by molar-refractivity contribution is 0.00578. The molecule has 0 amide bonds. The van der Waals surface area contributed by atoms with Gasteiger partial charge in [0.1, 0.15) is 11.4 Å². The third-order valence-corrected chi connectivity index (χ3v) is 4.16. The molecule has 0 bridgehead atoms. The van der Waals surface area contributed by atoms with Gasteiger partial charge >= 0.3 is 13.1 Å². The first-order valence-electron chi connectivity index (χ1n) is 7.71. The number of benzene rings is 1. The smallest absolute Gasteiger partial charge is 0.456 e. The van der Waals surface area contributed by atoms with Gasteiger partial charge in [-0.25, -0.2) is 9.18 Å². The van der Waals surface area contributed by atoms with Gasteiger partial charge < -0.3 is 14.0 Å². The summed E-state index contributed by atoms with van der Waals surface area (Å²) in [6.45, 7) is 12.8. The van der Waals surface area contributed by atoms with Gasteiger partial charge in [0.25, 0.3) is 0 Å². The molecule has 1 saturated heterocycles. The van der Waals surface area contributed by atoms with Crippen molar-refractivity contribution in [3.63, 3.8) is 0 Å². The van der Waals surface area contributed by atoms with Gasteiger partial charge in [-0.3, -0.25) is 0 Å². The van der Waals surface area contributed by atoms with E-state index in [-0.39, 0.29) is 5.56 Å². The zero-order valence-corrected chi connectivity index (χ0v) is 14.8. The van der Waals surface area contributed by atoms with Crippen LogP contribution < -0.4 is 5.46 Å². The van der Waals surface area contributed by atoms with Crippen LogP contribution in [0, 0.1) is 5.82 Å². The molecular weight excluding hydrogens is 298 g/mol. The van der Waals surface area contributed by atoms with E-state index in [0.29, 0.717) is 5.46 Å². The van der Waals surface area contributed by atoms with Crippen molar-refractivity contribution < 1.29 is 23.2 Å². The first-order valence-corrected chi connectivity index (χ1v) is 7.71. The van der Waals surface area contributed by atoms with Crippen molar-refractivity contribution in [2.24, 2.45) is 0 Å². The van der Waals surface area contributed by atoms with E-state index < -0.39 is 35.7 Å². The lowest BCUT2D eigenvalue weighted by atomic mass is 9.75. The fourth-order valence-electron chi connectivity index (χ4n) is 2.25. The van der Waals surface area contributed by atoms with E-state index in [9.17, 15) is 9.18 Å². The fraction of sp³-hybridized carbons (Fsp3) is 0.588. The van der Waals surface area contributed by atoms with Crippen LogP contribution in [-0.4, -0.2) is 29.9 Å². The Labute approximate surface area is 137 Å². The molecule has 1 aliphatic heterocycles. The Kier molecular flexibility index (Phi) is 4.37. The number of halogens is 1. The van der Waals surface area contributed by atoms with Gasteiger partial charge in [-0.2, -0.15) is 0 Å². The second kappa shape index (κ2) is 5.60. The molecule has 0 radical (unpaired) electrons. The second-order valence-corrected chi connectivity index (χ2v) is 7.79. The van der Waals surface area contributed by atoms with Crippen LogP contribution in [0.25, 0.3) is 0 Å². The van der Waals surface area contributed by atoms with E-state index in [1.165, 1.54) is 12.1 Å². The first-order chi connectivity index (χ1) is 10.3. The normalized spacial score (nSPS) is 19.7. The molecule has 1 aliphatic rings. The van der Waals surface area contributed by atoms with Gasteiger partial charge in [-0.1, -0.05) is 12.1 Å². The average molecular weight is 322 g/mol. The van der Waals surface area contributed by atoms with Crippen molar-refractivity contribution in [1.82, 2.24) is 0 Å². The van der Waals surface area contributed by atoms with Crippen molar-refractivity contribution in [3.05, 3.63) is 29.6 Å². The Balaban J connectivity index is 2.42. The molecule has 0 aromatic heterocycles. The van der Waals surface area contributed by atoms with Crippen molar-refractivity contribution in [2.45, 2.75) is 65.3 Å². The standard InChI is InChI=1S/C17H24BFO4/c1-15(2,3)21-14(20)13-11(9-8-10-12(13)19)18-22-16(4,5)17(6,7)23-18/h8-10H,1-7H3. The monoisotopic (exact) mass is 322 g/mol. The highest BCUT2D eigenvalue weighted by molar-refractivity contribution is 6.63. The Morgan fingerprint density at radius 1 is 1.13 bits per heavy atom. The number of carbonyl (C=O) groups is 1. The van der Waals surface area contributed by atoms with Gasteiger partial charge in [-0.05, 0) is 60.0 Å². The molecule has 0 aliphatic carbocycles. The van der Waals surface area contributed by atoms with Crippen molar-refractivity contribution >= 4 is 18.6 Å². The molecular formula is C17H24BFO4. The molecule has 126 valence electrons. The number of rotatable bonds is 2. The van der Waals surface area contributed by atoms with Crippen LogP contribution in [0.3, 0.4) is 0 Å². The number of hydrogen-bond donors (Lipinski definition) is 0. The van der Waals surface area contributed by atoms with Crippen molar-refractivity contribution in [3.8, 4) is 0 Å². The Morgan fingerprint density at radius 3 is 2.13 bits per heavy atom. The molecule has 1 fully saturated rings. The molecule has 0 N–H and O–H groups in total. The van der Waals surface area contributed by atoms with Crippen LogP contribution in [0.4, 0.5) is 4.39 Å². The number of hydrogen-bond acceptors (Lipinski definition) is 4. The summed E-state index contributed by atoms with van der Waals surface area (Å²) in [5.41, 5.74) is -1.66. The summed E-state index contributed by atoms with van der Waals surface area (Å²) in [6, 6.07) is 4.39. The third kappa shape index (κ3) is 3.58. The SMILES string of the molecule is CC(C)(C)OC(=O)c1c(F)cccc1B1OC(C)(C)C(C)(C)O1. The van der Waals surface area contributed by atoms with E-state index in [0.717, 1.165) is 0 Å². The summed E-state index contributed by atoms with van der Waals surface area (Å²) >= 11 is 0. The fourth-order valence-corrected chi connectivity index (χ4v) is 2.25. The number of ether oxygens (including phenoxy) is 1. The highest BCUT2D eigenvalue weighted by atomic mass is 19.1. The summed E-state index contributed by atoms with van der Waals surface area (Å²) in [4.78, 5) is 12.4. The van der Waals surface area contributed by atoms with Crippen molar-refractivity contribution in [1.29, 1.82) is 0 Å². The molecule has 1 aromatic rings. The third-order valence-electron chi connectivity index (χ3n) is 4.16. The van der Waals surface area contributed by atoms with Gasteiger partial charge in [0.05, 0.1) is 16.8 Å². The Morgan fingerprint density at radius 2 is 1.65 bits per heavy atom. The molecule has 2 rings (SSSR count). The Hall–Kier alpha value is -1.40. The maximum absolute atomic E-state index is 14.3. The van der Waals surface area contributed by atoms with E-state index in [4.69, 9.17) is 14.0 Å². The number of esters is 1. The lowest BCUT2D eigenvalue weighted by Gasteiger charge is -2.32. The summed E-state index contributed by atoms with van der Waals surface area (Å²) in [5.74, 6) is -1.37. The van der Waals surface area contributed by atoms with Gasteiger partial charge in [0.2, 0.25) is 0 Å². The molecule has 1 aromatic carbocycles. The molecule has 0 saturated carbocycles. The molecule has 4 nitrogen and oxygen atoms in total. The quantitative estimate of drug-likeness (QED) is 0.620. The van der Waals surface area contributed by atoms with Gasteiger partial charge in [0, 0.05) is 0 Å². The zero-order chi connectivity index (χ0) is 17.6. The van der Waals surface area contributed by atoms with E-state index in [1.54, 1.807) is 26.8 Å². The number of carbonyl (C=O) groups excluding carboxylic acids is 1. The first kappa shape index (κ1) is 18.0. The lowest BCUT2D eigenvalue weighted by Crippen LogP contribution is -2.41. The van der Waals surface area contributed by atoms with Gasteiger partial charge in [-0.15, -0.1) is 0 Å². The highest BCUT2D eigenvalue weighted by Crippen LogP contribution is 2.36. The van der Waals surface area contributed by atoms with E-state index in [1.807, 2.05) is 27.7 Å². The largest absolute Gasteiger partial charge is 0.495 e. The highest BCUT2D eigenvalue weighted by Gasteiger charge is 2.52.